The summed E-state index contributed by atoms with van der Waals surface area (Å²) in [7, 11) is 1.55. The summed E-state index contributed by atoms with van der Waals surface area (Å²) in [4.78, 5) is 32.6. The van der Waals surface area contributed by atoms with E-state index in [1.54, 1.807) is 49.8 Å². The SMILES string of the molecule is CCOC(=O)C1=C(C)N=c2s/c(=C\c3cc(Br)c(OCc4ccc(C#N)cc4)c(OC)c3)c(=O)n2[C@@H]1c1ccccc1OC(C)C. The van der Waals surface area contributed by atoms with Crippen LogP contribution in [0.1, 0.15) is 56.0 Å². The number of rotatable bonds is 10. The number of hydrogen-bond acceptors (Lipinski definition) is 9. The number of aromatic nitrogens is 1. The third-order valence-corrected chi connectivity index (χ3v) is 8.68. The van der Waals surface area contributed by atoms with Crippen molar-refractivity contribution in [1.29, 1.82) is 5.26 Å². The maximum Gasteiger partial charge on any atom is 0.338 e. The number of nitrogens with zero attached hydrogens (tertiary/aromatic N) is 3. The van der Waals surface area contributed by atoms with Crippen molar-refractivity contribution in [2.24, 2.45) is 4.99 Å². The van der Waals surface area contributed by atoms with Crippen LogP contribution in [0.4, 0.5) is 0 Å². The summed E-state index contributed by atoms with van der Waals surface area (Å²) in [5, 5.41) is 9.05. The molecular weight excluding hydrogens is 670 g/mol. The molecule has 0 spiro atoms. The minimum atomic E-state index is -0.799. The fraction of sp³-hybridized carbons (Fsp3) is 0.257. The van der Waals surface area contributed by atoms with Crippen molar-refractivity contribution in [3.05, 3.63) is 118 Å². The average Bonchev–Trinajstić information content (AvgIpc) is 3.33. The van der Waals surface area contributed by atoms with E-state index in [9.17, 15) is 9.59 Å². The fourth-order valence-electron chi connectivity index (χ4n) is 5.10. The Hall–Kier alpha value is -4.66. The second kappa shape index (κ2) is 14.2. The van der Waals surface area contributed by atoms with Crippen molar-refractivity contribution < 1.29 is 23.7 Å². The van der Waals surface area contributed by atoms with E-state index in [1.807, 2.05) is 56.3 Å². The highest BCUT2D eigenvalue weighted by Crippen LogP contribution is 2.38. The quantitative estimate of drug-likeness (QED) is 0.192. The van der Waals surface area contributed by atoms with E-state index < -0.39 is 12.0 Å². The van der Waals surface area contributed by atoms with Crippen LogP contribution >= 0.6 is 27.3 Å². The van der Waals surface area contributed by atoms with Gasteiger partial charge in [0.25, 0.3) is 5.56 Å². The molecule has 236 valence electrons. The van der Waals surface area contributed by atoms with Gasteiger partial charge in [0, 0.05) is 5.56 Å². The molecule has 1 aromatic heterocycles. The molecule has 0 saturated heterocycles. The molecule has 46 heavy (non-hydrogen) atoms. The van der Waals surface area contributed by atoms with Gasteiger partial charge in [0.05, 0.1) is 51.7 Å². The summed E-state index contributed by atoms with van der Waals surface area (Å²) in [5.41, 5.74) is 3.28. The number of fused-ring (bicyclic) bond motifs is 1. The minimum Gasteiger partial charge on any atom is -0.493 e. The van der Waals surface area contributed by atoms with Gasteiger partial charge in [0.1, 0.15) is 18.4 Å². The largest absolute Gasteiger partial charge is 0.493 e. The van der Waals surface area contributed by atoms with Gasteiger partial charge in [-0.1, -0.05) is 41.7 Å². The molecule has 0 amide bonds. The van der Waals surface area contributed by atoms with Crippen molar-refractivity contribution in [1.82, 2.24) is 4.57 Å². The predicted molar refractivity (Wildman–Crippen MR) is 179 cm³/mol. The van der Waals surface area contributed by atoms with Gasteiger partial charge >= 0.3 is 5.97 Å². The average molecular weight is 703 g/mol. The molecule has 0 bridgehead atoms. The minimum absolute atomic E-state index is 0.127. The van der Waals surface area contributed by atoms with Crippen molar-refractivity contribution in [3.63, 3.8) is 0 Å². The van der Waals surface area contributed by atoms with E-state index in [1.165, 1.54) is 11.3 Å². The number of hydrogen-bond donors (Lipinski definition) is 0. The van der Waals surface area contributed by atoms with Crippen LogP contribution in [0.25, 0.3) is 6.08 Å². The Kier molecular flexibility index (Phi) is 10.1. The number of methoxy groups -OCH3 is 1. The fourth-order valence-corrected chi connectivity index (χ4v) is 6.72. The monoisotopic (exact) mass is 701 g/mol. The van der Waals surface area contributed by atoms with E-state index in [-0.39, 0.29) is 30.5 Å². The smallest absolute Gasteiger partial charge is 0.338 e. The number of halogens is 1. The molecule has 1 aliphatic heterocycles. The molecule has 0 fully saturated rings. The molecule has 0 unspecified atom stereocenters. The van der Waals surface area contributed by atoms with Gasteiger partial charge in [0.2, 0.25) is 0 Å². The number of benzene rings is 3. The van der Waals surface area contributed by atoms with E-state index in [4.69, 9.17) is 24.2 Å². The number of para-hydroxylation sites is 1. The molecular formula is C35H32BrN3O6S. The zero-order valence-electron chi connectivity index (χ0n) is 26.0. The first-order valence-electron chi connectivity index (χ1n) is 14.6. The summed E-state index contributed by atoms with van der Waals surface area (Å²) < 4.78 is 25.9. The highest BCUT2D eigenvalue weighted by Gasteiger charge is 2.35. The predicted octanol–water partition coefficient (Wildman–Crippen LogP) is 5.81. The van der Waals surface area contributed by atoms with Gasteiger partial charge < -0.3 is 18.9 Å². The Balaban J connectivity index is 1.58. The zero-order chi connectivity index (χ0) is 33.0. The Morgan fingerprint density at radius 1 is 1.15 bits per heavy atom. The molecule has 11 heteroatoms. The molecule has 0 radical (unpaired) electrons. The second-order valence-corrected chi connectivity index (χ2v) is 12.5. The van der Waals surface area contributed by atoms with Crippen LogP contribution < -0.4 is 29.1 Å². The normalized spacial score (nSPS) is 14.4. The highest BCUT2D eigenvalue weighted by atomic mass is 79.9. The van der Waals surface area contributed by atoms with Crippen molar-refractivity contribution in [3.8, 4) is 23.3 Å². The molecule has 0 saturated carbocycles. The lowest BCUT2D eigenvalue weighted by Crippen LogP contribution is -2.40. The van der Waals surface area contributed by atoms with Crippen LogP contribution in [0.15, 0.2) is 86.2 Å². The van der Waals surface area contributed by atoms with Crippen molar-refractivity contribution in [2.45, 2.75) is 46.4 Å². The number of ether oxygens (including phenoxy) is 4. The Morgan fingerprint density at radius 2 is 1.89 bits per heavy atom. The van der Waals surface area contributed by atoms with Gasteiger partial charge in [-0.2, -0.15) is 5.26 Å². The molecule has 1 atom stereocenters. The highest BCUT2D eigenvalue weighted by molar-refractivity contribution is 9.10. The molecule has 0 N–H and O–H groups in total. The third kappa shape index (κ3) is 6.78. The van der Waals surface area contributed by atoms with Crippen LogP contribution in [0.5, 0.6) is 17.2 Å². The summed E-state index contributed by atoms with van der Waals surface area (Å²) in [5.74, 6) is 1.01. The molecule has 2 heterocycles. The van der Waals surface area contributed by atoms with Crippen LogP contribution in [0, 0.1) is 11.3 Å². The third-order valence-electron chi connectivity index (χ3n) is 7.11. The van der Waals surface area contributed by atoms with Gasteiger partial charge in [-0.25, -0.2) is 9.79 Å². The summed E-state index contributed by atoms with van der Waals surface area (Å²) in [6.45, 7) is 7.78. The van der Waals surface area contributed by atoms with Crippen LogP contribution in [-0.4, -0.2) is 30.4 Å². The van der Waals surface area contributed by atoms with Crippen molar-refractivity contribution in [2.75, 3.05) is 13.7 Å². The lowest BCUT2D eigenvalue weighted by atomic mass is 9.95. The van der Waals surface area contributed by atoms with Gasteiger partial charge in [-0.3, -0.25) is 9.36 Å². The van der Waals surface area contributed by atoms with E-state index in [0.717, 1.165) is 5.56 Å². The van der Waals surface area contributed by atoms with Crippen LogP contribution in [0.3, 0.4) is 0 Å². The molecule has 3 aromatic carbocycles. The Labute approximate surface area is 278 Å². The number of thiazole rings is 1. The van der Waals surface area contributed by atoms with Gasteiger partial charge in [-0.05, 0) is 91.2 Å². The first-order valence-corrected chi connectivity index (χ1v) is 16.2. The second-order valence-electron chi connectivity index (χ2n) is 10.6. The maximum absolute atomic E-state index is 14.2. The van der Waals surface area contributed by atoms with Crippen molar-refractivity contribution >= 4 is 39.3 Å². The summed E-state index contributed by atoms with van der Waals surface area (Å²) in [6, 6.07) is 19.5. The number of carbonyl (C=O) groups is 1. The molecule has 5 rings (SSSR count). The number of allylic oxidation sites excluding steroid dienone is 1. The van der Waals surface area contributed by atoms with Crippen LogP contribution in [-0.2, 0) is 16.1 Å². The standard InChI is InChI=1S/C35H32BrN3O6S/c1-6-43-34(41)30-21(4)38-35-39(31(30)25-9-7-8-10-27(25)45-20(2)3)33(40)29(46-35)17-24-15-26(36)32(28(16-24)42-5)44-19-23-13-11-22(18-37)12-14-23/h7-17,20,31H,6,19H2,1-5H3/b29-17-/t31-/m1/s1. The molecule has 4 aromatic rings. The lowest BCUT2D eigenvalue weighted by Gasteiger charge is -2.26. The topological polar surface area (TPSA) is 112 Å². The summed E-state index contributed by atoms with van der Waals surface area (Å²) in [6.07, 6.45) is 1.64. The zero-order valence-corrected chi connectivity index (χ0v) is 28.4. The Bertz CT molecular complexity index is 2040. The molecule has 0 aliphatic carbocycles. The maximum atomic E-state index is 14.2. The van der Waals surface area contributed by atoms with Gasteiger partial charge in [0.15, 0.2) is 16.3 Å². The first-order chi connectivity index (χ1) is 22.1. The van der Waals surface area contributed by atoms with E-state index >= 15 is 0 Å². The van der Waals surface area contributed by atoms with Gasteiger partial charge in [-0.15, -0.1) is 0 Å². The summed E-state index contributed by atoms with van der Waals surface area (Å²) >= 11 is 4.83. The number of nitriles is 1. The number of carbonyl (C=O) groups excluding carboxylic acids is 1. The molecule has 1 aliphatic rings. The van der Waals surface area contributed by atoms with E-state index in [0.29, 0.717) is 53.4 Å². The van der Waals surface area contributed by atoms with E-state index in [2.05, 4.69) is 27.0 Å². The lowest BCUT2D eigenvalue weighted by molar-refractivity contribution is -0.139. The van der Waals surface area contributed by atoms with Crippen LogP contribution in [0.2, 0.25) is 0 Å². The number of esters is 1. The first kappa shape index (κ1) is 32.7. The molecule has 9 nitrogen and oxygen atoms in total. The Morgan fingerprint density at radius 3 is 2.57 bits per heavy atom.